The molecular weight excluding hydrogens is 400 g/mol. The minimum atomic E-state index is -3.85. The SMILES string of the molecule is CCOCCOc1ccc(S(=O)(=O)C(CC)Oc2ccc(O)c(C(=O)O)c2)cc1. The highest BCUT2D eigenvalue weighted by Gasteiger charge is 2.28. The third kappa shape index (κ3) is 5.85. The number of sulfone groups is 1. The molecule has 0 radical (unpaired) electrons. The van der Waals surface area contributed by atoms with Crippen molar-refractivity contribution in [3.8, 4) is 17.2 Å². The van der Waals surface area contributed by atoms with Gasteiger partial charge in [0.05, 0.1) is 11.5 Å². The minimum absolute atomic E-state index is 0.0338. The lowest BCUT2D eigenvalue weighted by molar-refractivity contribution is 0.0693. The lowest BCUT2D eigenvalue weighted by Gasteiger charge is -2.19. The second-order valence-corrected chi connectivity index (χ2v) is 8.09. The molecule has 0 heterocycles. The summed E-state index contributed by atoms with van der Waals surface area (Å²) in [5, 5.41) is 18.7. The maximum Gasteiger partial charge on any atom is 0.339 e. The molecule has 0 aliphatic rings. The van der Waals surface area contributed by atoms with Gasteiger partial charge in [-0.1, -0.05) is 6.92 Å². The van der Waals surface area contributed by atoms with Gasteiger partial charge < -0.3 is 24.4 Å². The van der Waals surface area contributed by atoms with Crippen LogP contribution in [0.1, 0.15) is 30.6 Å². The molecule has 158 valence electrons. The average molecular weight is 424 g/mol. The van der Waals surface area contributed by atoms with E-state index in [4.69, 9.17) is 19.3 Å². The molecule has 0 aliphatic carbocycles. The standard InChI is InChI=1S/C20H24O8S/c1-3-19(28-15-7-10-18(21)17(13-15)20(22)23)29(24,25)16-8-5-14(6-9-16)27-12-11-26-4-2/h5-10,13,19,21H,3-4,11-12H2,1-2H3,(H,22,23). The fourth-order valence-electron chi connectivity index (χ4n) is 2.52. The molecule has 1 unspecified atom stereocenters. The zero-order valence-corrected chi connectivity index (χ0v) is 17.0. The van der Waals surface area contributed by atoms with E-state index in [2.05, 4.69) is 0 Å². The molecule has 0 saturated carbocycles. The van der Waals surface area contributed by atoms with Gasteiger partial charge >= 0.3 is 5.97 Å². The van der Waals surface area contributed by atoms with Crippen LogP contribution in [0.15, 0.2) is 47.4 Å². The first kappa shape index (κ1) is 22.5. The highest BCUT2D eigenvalue weighted by atomic mass is 32.2. The molecule has 2 aromatic carbocycles. The Balaban J connectivity index is 2.15. The Bertz CT molecular complexity index is 922. The van der Waals surface area contributed by atoms with Crippen LogP contribution in [-0.4, -0.2) is 49.9 Å². The zero-order chi connectivity index (χ0) is 21.4. The summed E-state index contributed by atoms with van der Waals surface area (Å²) in [6.07, 6.45) is 0.137. The molecule has 0 saturated heterocycles. The molecule has 0 aliphatic heterocycles. The number of ether oxygens (including phenoxy) is 3. The van der Waals surface area contributed by atoms with E-state index in [-0.39, 0.29) is 22.6 Å². The molecule has 0 spiro atoms. The van der Waals surface area contributed by atoms with Gasteiger partial charge in [0.1, 0.15) is 29.4 Å². The summed E-state index contributed by atoms with van der Waals surface area (Å²) in [6.45, 7) is 4.91. The molecule has 29 heavy (non-hydrogen) atoms. The molecular formula is C20H24O8S. The van der Waals surface area contributed by atoms with Crippen LogP contribution in [0.3, 0.4) is 0 Å². The van der Waals surface area contributed by atoms with Gasteiger partial charge in [0.2, 0.25) is 15.3 Å². The van der Waals surface area contributed by atoms with E-state index < -0.39 is 27.0 Å². The highest BCUT2D eigenvalue weighted by molar-refractivity contribution is 7.92. The van der Waals surface area contributed by atoms with Crippen LogP contribution in [0, 0.1) is 0 Å². The van der Waals surface area contributed by atoms with Crippen LogP contribution in [-0.2, 0) is 14.6 Å². The maximum atomic E-state index is 12.9. The van der Waals surface area contributed by atoms with E-state index >= 15 is 0 Å². The largest absolute Gasteiger partial charge is 0.507 e. The van der Waals surface area contributed by atoms with Crippen LogP contribution < -0.4 is 9.47 Å². The number of aromatic carboxylic acids is 1. The topological polar surface area (TPSA) is 119 Å². The number of carboxylic acids is 1. The third-order valence-electron chi connectivity index (χ3n) is 4.00. The average Bonchev–Trinajstić information content (AvgIpc) is 2.70. The van der Waals surface area contributed by atoms with E-state index in [1.807, 2.05) is 6.92 Å². The fourth-order valence-corrected chi connectivity index (χ4v) is 4.01. The number of benzene rings is 2. The van der Waals surface area contributed by atoms with E-state index in [0.717, 1.165) is 12.1 Å². The van der Waals surface area contributed by atoms with Gasteiger partial charge in [-0.3, -0.25) is 0 Å². The quantitative estimate of drug-likeness (QED) is 0.528. The molecule has 0 aromatic heterocycles. The second kappa shape index (κ2) is 10.1. The van der Waals surface area contributed by atoms with Gasteiger partial charge in [-0.25, -0.2) is 13.2 Å². The summed E-state index contributed by atoms with van der Waals surface area (Å²) in [5.74, 6) is -1.22. The smallest absolute Gasteiger partial charge is 0.339 e. The summed E-state index contributed by atoms with van der Waals surface area (Å²) in [6, 6.07) is 9.50. The first-order chi connectivity index (χ1) is 13.8. The Morgan fingerprint density at radius 3 is 2.28 bits per heavy atom. The summed E-state index contributed by atoms with van der Waals surface area (Å²) in [5.41, 5.74) is -1.60. The van der Waals surface area contributed by atoms with E-state index in [0.29, 0.717) is 25.6 Å². The van der Waals surface area contributed by atoms with Gasteiger partial charge in [0, 0.05) is 6.61 Å². The molecule has 0 bridgehead atoms. The van der Waals surface area contributed by atoms with E-state index in [1.165, 1.54) is 18.2 Å². The van der Waals surface area contributed by atoms with E-state index in [9.17, 15) is 18.3 Å². The summed E-state index contributed by atoms with van der Waals surface area (Å²) >= 11 is 0. The molecule has 2 rings (SSSR count). The Morgan fingerprint density at radius 2 is 1.69 bits per heavy atom. The van der Waals surface area contributed by atoms with E-state index in [1.54, 1.807) is 19.1 Å². The maximum absolute atomic E-state index is 12.9. The number of hydrogen-bond acceptors (Lipinski definition) is 7. The van der Waals surface area contributed by atoms with Crippen molar-refractivity contribution in [1.82, 2.24) is 0 Å². The van der Waals surface area contributed by atoms with Crippen LogP contribution in [0.4, 0.5) is 0 Å². The lowest BCUT2D eigenvalue weighted by atomic mass is 10.2. The number of carboxylic acid groups (broad SMARTS) is 1. The van der Waals surface area contributed by atoms with Crippen molar-refractivity contribution >= 4 is 15.8 Å². The van der Waals surface area contributed by atoms with Crippen molar-refractivity contribution in [1.29, 1.82) is 0 Å². The minimum Gasteiger partial charge on any atom is -0.507 e. The van der Waals surface area contributed by atoms with Crippen molar-refractivity contribution in [2.24, 2.45) is 0 Å². The van der Waals surface area contributed by atoms with Gasteiger partial charge in [0.15, 0.2) is 0 Å². The second-order valence-electron chi connectivity index (χ2n) is 6.00. The summed E-state index contributed by atoms with van der Waals surface area (Å²) < 4.78 is 42.0. The lowest BCUT2D eigenvalue weighted by Crippen LogP contribution is -2.27. The van der Waals surface area contributed by atoms with Crippen LogP contribution >= 0.6 is 0 Å². The number of aromatic hydroxyl groups is 1. The number of hydrogen-bond donors (Lipinski definition) is 2. The molecule has 1 atom stereocenters. The number of phenols is 1. The Labute approximate surface area is 169 Å². The predicted octanol–water partition coefficient (Wildman–Crippen LogP) is 3.09. The van der Waals surface area contributed by atoms with Crippen LogP contribution in [0.25, 0.3) is 0 Å². The number of rotatable bonds is 11. The first-order valence-electron chi connectivity index (χ1n) is 9.07. The van der Waals surface area contributed by atoms with Crippen molar-refractivity contribution < 1.29 is 37.6 Å². The van der Waals surface area contributed by atoms with Gasteiger partial charge in [-0.2, -0.15) is 0 Å². The normalized spacial score (nSPS) is 12.3. The Morgan fingerprint density at radius 1 is 1.03 bits per heavy atom. The van der Waals surface area contributed by atoms with Gasteiger partial charge in [0.25, 0.3) is 0 Å². The highest BCUT2D eigenvalue weighted by Crippen LogP contribution is 2.27. The van der Waals surface area contributed by atoms with Crippen molar-refractivity contribution in [3.05, 3.63) is 48.0 Å². The Hall–Kier alpha value is -2.78. The van der Waals surface area contributed by atoms with Gasteiger partial charge in [-0.15, -0.1) is 0 Å². The summed E-state index contributed by atoms with van der Waals surface area (Å²) in [7, 11) is -3.85. The van der Waals surface area contributed by atoms with Crippen LogP contribution in [0.5, 0.6) is 17.2 Å². The Kier molecular flexibility index (Phi) is 7.86. The number of carbonyl (C=O) groups is 1. The molecule has 8 nitrogen and oxygen atoms in total. The molecule has 9 heteroatoms. The predicted molar refractivity (Wildman–Crippen MR) is 105 cm³/mol. The summed E-state index contributed by atoms with van der Waals surface area (Å²) in [4.78, 5) is 11.2. The fraction of sp³-hybridized carbons (Fsp3) is 0.350. The first-order valence-corrected chi connectivity index (χ1v) is 10.6. The molecule has 2 aromatic rings. The molecule has 0 amide bonds. The monoisotopic (exact) mass is 424 g/mol. The third-order valence-corrected chi connectivity index (χ3v) is 6.05. The zero-order valence-electron chi connectivity index (χ0n) is 16.2. The molecule has 0 fully saturated rings. The van der Waals surface area contributed by atoms with Crippen molar-refractivity contribution in [3.63, 3.8) is 0 Å². The van der Waals surface area contributed by atoms with Crippen molar-refractivity contribution in [2.45, 2.75) is 30.6 Å². The van der Waals surface area contributed by atoms with Crippen molar-refractivity contribution in [2.75, 3.05) is 19.8 Å². The molecule has 2 N–H and O–H groups in total. The van der Waals surface area contributed by atoms with Gasteiger partial charge in [-0.05, 0) is 55.8 Å². The van der Waals surface area contributed by atoms with Crippen LogP contribution in [0.2, 0.25) is 0 Å².